The zero-order valence-electron chi connectivity index (χ0n) is 8.51. The number of carbonyl (C=O) groups excluding carboxylic acids is 1. The minimum Gasteiger partial charge on any atom is -0.300 e. The fourth-order valence-electron chi connectivity index (χ4n) is 2.71. The lowest BCUT2D eigenvalue weighted by atomic mass is 9.72. The van der Waals surface area contributed by atoms with Crippen molar-refractivity contribution >= 4 is 5.78 Å². The summed E-state index contributed by atoms with van der Waals surface area (Å²) in [5.74, 6) is 0.460. The second-order valence-corrected chi connectivity index (χ2v) is 4.46. The molecule has 13 heavy (non-hydrogen) atoms. The standard InChI is InChI=1S/C11H19NO/c1-2-11(6-3-7-11)12-8-4-10(13)5-9-12/h2-9H2,1H3. The summed E-state index contributed by atoms with van der Waals surface area (Å²) in [7, 11) is 0. The molecule has 0 spiro atoms. The van der Waals surface area contributed by atoms with E-state index in [0.717, 1.165) is 25.9 Å². The molecule has 2 heteroatoms. The molecular formula is C11H19NO. The summed E-state index contributed by atoms with van der Waals surface area (Å²) in [6.07, 6.45) is 6.96. The first-order valence-electron chi connectivity index (χ1n) is 5.54. The van der Waals surface area contributed by atoms with Crippen LogP contribution in [0.2, 0.25) is 0 Å². The van der Waals surface area contributed by atoms with Gasteiger partial charge in [0.15, 0.2) is 0 Å². The van der Waals surface area contributed by atoms with Gasteiger partial charge in [-0.25, -0.2) is 0 Å². The van der Waals surface area contributed by atoms with E-state index >= 15 is 0 Å². The van der Waals surface area contributed by atoms with E-state index in [-0.39, 0.29) is 0 Å². The van der Waals surface area contributed by atoms with Crippen LogP contribution in [-0.4, -0.2) is 29.3 Å². The second kappa shape index (κ2) is 3.41. The van der Waals surface area contributed by atoms with Crippen molar-refractivity contribution in [3.63, 3.8) is 0 Å². The van der Waals surface area contributed by atoms with Crippen LogP contribution < -0.4 is 0 Å². The summed E-state index contributed by atoms with van der Waals surface area (Å²) in [6, 6.07) is 0. The molecule has 74 valence electrons. The zero-order valence-corrected chi connectivity index (χ0v) is 8.51. The highest BCUT2D eigenvalue weighted by molar-refractivity contribution is 5.79. The van der Waals surface area contributed by atoms with Gasteiger partial charge in [0.2, 0.25) is 0 Å². The molecule has 0 atom stereocenters. The number of carbonyl (C=O) groups is 1. The van der Waals surface area contributed by atoms with E-state index in [1.54, 1.807) is 0 Å². The van der Waals surface area contributed by atoms with Gasteiger partial charge < -0.3 is 0 Å². The number of piperidine rings is 1. The molecule has 0 aromatic heterocycles. The lowest BCUT2D eigenvalue weighted by Crippen LogP contribution is -2.55. The van der Waals surface area contributed by atoms with Crippen LogP contribution in [0, 0.1) is 0 Å². The predicted octanol–water partition coefficient (Wildman–Crippen LogP) is 1.98. The number of hydrogen-bond acceptors (Lipinski definition) is 2. The number of likely N-dealkylation sites (tertiary alicyclic amines) is 1. The van der Waals surface area contributed by atoms with Gasteiger partial charge in [-0.3, -0.25) is 9.69 Å². The summed E-state index contributed by atoms with van der Waals surface area (Å²) in [6.45, 7) is 4.33. The molecule has 0 unspecified atom stereocenters. The Balaban J connectivity index is 1.96. The van der Waals surface area contributed by atoms with E-state index in [1.165, 1.54) is 25.7 Å². The van der Waals surface area contributed by atoms with Crippen molar-refractivity contribution < 1.29 is 4.79 Å². The van der Waals surface area contributed by atoms with Gasteiger partial charge in [-0.2, -0.15) is 0 Å². The maximum absolute atomic E-state index is 11.1. The maximum atomic E-state index is 11.1. The smallest absolute Gasteiger partial charge is 0.135 e. The van der Waals surface area contributed by atoms with Crippen molar-refractivity contribution in [3.8, 4) is 0 Å². The van der Waals surface area contributed by atoms with Crippen molar-refractivity contribution in [2.45, 2.75) is 51.0 Å². The first-order valence-corrected chi connectivity index (χ1v) is 5.54. The van der Waals surface area contributed by atoms with Gasteiger partial charge in [0.05, 0.1) is 0 Å². The molecule has 1 heterocycles. The van der Waals surface area contributed by atoms with Gasteiger partial charge in [-0.15, -0.1) is 0 Å². The normalized spacial score (nSPS) is 28.5. The van der Waals surface area contributed by atoms with E-state index < -0.39 is 0 Å². The van der Waals surface area contributed by atoms with E-state index in [1.807, 2.05) is 0 Å². The fourth-order valence-corrected chi connectivity index (χ4v) is 2.71. The molecule has 0 bridgehead atoms. The number of nitrogens with zero attached hydrogens (tertiary/aromatic N) is 1. The van der Waals surface area contributed by atoms with Crippen LogP contribution in [0.3, 0.4) is 0 Å². The molecule has 1 saturated carbocycles. The average molecular weight is 181 g/mol. The van der Waals surface area contributed by atoms with Crippen molar-refractivity contribution in [1.82, 2.24) is 4.90 Å². The predicted molar refractivity (Wildman–Crippen MR) is 52.7 cm³/mol. The SMILES string of the molecule is CCC1(N2CCC(=O)CC2)CCC1. The van der Waals surface area contributed by atoms with Crippen LogP contribution in [0.15, 0.2) is 0 Å². The molecule has 0 aromatic carbocycles. The number of Topliss-reactive ketones (excluding diaryl/α,β-unsaturated/α-hetero) is 1. The van der Waals surface area contributed by atoms with Crippen LogP contribution in [0.4, 0.5) is 0 Å². The van der Waals surface area contributed by atoms with E-state index in [9.17, 15) is 4.79 Å². The molecule has 1 aliphatic carbocycles. The Hall–Kier alpha value is -0.370. The van der Waals surface area contributed by atoms with Gasteiger partial charge in [-0.05, 0) is 25.7 Å². The Labute approximate surface area is 80.3 Å². The fraction of sp³-hybridized carbons (Fsp3) is 0.909. The summed E-state index contributed by atoms with van der Waals surface area (Å²) >= 11 is 0. The van der Waals surface area contributed by atoms with Gasteiger partial charge in [0.25, 0.3) is 0 Å². The average Bonchev–Trinajstić information content (AvgIpc) is 2.07. The first kappa shape index (κ1) is 9.20. The molecule has 1 aliphatic heterocycles. The Bertz CT molecular complexity index is 193. The third kappa shape index (κ3) is 1.52. The lowest BCUT2D eigenvalue weighted by Gasteiger charge is -2.51. The maximum Gasteiger partial charge on any atom is 0.135 e. The van der Waals surface area contributed by atoms with Gasteiger partial charge in [0, 0.05) is 31.5 Å². The molecule has 2 fully saturated rings. The largest absolute Gasteiger partial charge is 0.300 e. The van der Waals surface area contributed by atoms with E-state index in [4.69, 9.17) is 0 Å². The molecule has 0 N–H and O–H groups in total. The van der Waals surface area contributed by atoms with Crippen LogP contribution >= 0.6 is 0 Å². The molecular weight excluding hydrogens is 162 g/mol. The Morgan fingerprint density at radius 1 is 1.31 bits per heavy atom. The molecule has 0 aromatic rings. The number of ketones is 1. The monoisotopic (exact) mass is 181 g/mol. The van der Waals surface area contributed by atoms with Crippen LogP contribution in [-0.2, 0) is 4.79 Å². The molecule has 0 radical (unpaired) electrons. The van der Waals surface area contributed by atoms with E-state index in [2.05, 4.69) is 11.8 Å². The third-order valence-corrected chi connectivity index (χ3v) is 3.93. The topological polar surface area (TPSA) is 20.3 Å². The summed E-state index contributed by atoms with van der Waals surface area (Å²) < 4.78 is 0. The summed E-state index contributed by atoms with van der Waals surface area (Å²) in [5.41, 5.74) is 0.501. The van der Waals surface area contributed by atoms with Crippen molar-refractivity contribution in [3.05, 3.63) is 0 Å². The summed E-state index contributed by atoms with van der Waals surface area (Å²) in [4.78, 5) is 13.7. The van der Waals surface area contributed by atoms with Crippen molar-refractivity contribution in [1.29, 1.82) is 0 Å². The van der Waals surface area contributed by atoms with Crippen LogP contribution in [0.5, 0.6) is 0 Å². The van der Waals surface area contributed by atoms with Crippen LogP contribution in [0.1, 0.15) is 45.4 Å². The molecule has 1 saturated heterocycles. The molecule has 2 rings (SSSR count). The van der Waals surface area contributed by atoms with E-state index in [0.29, 0.717) is 11.3 Å². The Morgan fingerprint density at radius 3 is 2.31 bits per heavy atom. The number of hydrogen-bond donors (Lipinski definition) is 0. The third-order valence-electron chi connectivity index (χ3n) is 3.93. The highest BCUT2D eigenvalue weighted by Crippen LogP contribution is 2.41. The van der Waals surface area contributed by atoms with Gasteiger partial charge in [0.1, 0.15) is 5.78 Å². The van der Waals surface area contributed by atoms with Gasteiger partial charge >= 0.3 is 0 Å². The molecule has 0 amide bonds. The summed E-state index contributed by atoms with van der Waals surface area (Å²) in [5, 5.41) is 0. The van der Waals surface area contributed by atoms with Gasteiger partial charge in [-0.1, -0.05) is 6.92 Å². The minimum absolute atomic E-state index is 0.460. The Kier molecular flexibility index (Phi) is 2.41. The highest BCUT2D eigenvalue weighted by Gasteiger charge is 2.41. The van der Waals surface area contributed by atoms with Crippen molar-refractivity contribution in [2.75, 3.05) is 13.1 Å². The molecule has 2 nitrogen and oxygen atoms in total. The highest BCUT2D eigenvalue weighted by atomic mass is 16.1. The zero-order chi connectivity index (χ0) is 9.31. The first-order chi connectivity index (χ1) is 6.27. The Morgan fingerprint density at radius 2 is 1.92 bits per heavy atom. The lowest BCUT2D eigenvalue weighted by molar-refractivity contribution is -0.124. The quantitative estimate of drug-likeness (QED) is 0.649. The molecule has 2 aliphatic rings. The van der Waals surface area contributed by atoms with Crippen molar-refractivity contribution in [2.24, 2.45) is 0 Å². The van der Waals surface area contributed by atoms with Crippen LogP contribution in [0.25, 0.3) is 0 Å². The minimum atomic E-state index is 0.460. The number of rotatable bonds is 2. The second-order valence-electron chi connectivity index (χ2n) is 4.46.